The number of aromatic amines is 1. The Labute approximate surface area is 401 Å². The van der Waals surface area contributed by atoms with Crippen molar-refractivity contribution in [1.82, 2.24) is 40.6 Å². The van der Waals surface area contributed by atoms with Crippen LogP contribution in [0.2, 0.25) is 0 Å². The van der Waals surface area contributed by atoms with Crippen LogP contribution in [0.15, 0.2) is 73.1 Å². The van der Waals surface area contributed by atoms with E-state index >= 15 is 0 Å². The van der Waals surface area contributed by atoms with Crippen molar-refractivity contribution in [3.8, 4) is 23.1 Å². The molecule has 1 saturated carbocycles. The van der Waals surface area contributed by atoms with E-state index in [1.165, 1.54) is 17.0 Å². The third-order valence-electron chi connectivity index (χ3n) is 12.6. The molecule has 3 aromatic heterocycles. The first-order chi connectivity index (χ1) is 33.7. The SMILES string of the molecule is Nc1ncc(/C=C/CCCN(CC(=O)NC2CCCCC2)C(=O)CCCC#Cc2ccc3c(c2)CN(C2CCC(=O)NC2=O)C3=O)c2n[nH]c(-c3ccc(C(=O)Nc4cc(C(F)(F)F)ccn4)cc3)c12. The zero-order chi connectivity index (χ0) is 49.4. The van der Waals surface area contributed by atoms with Crippen molar-refractivity contribution >= 4 is 64.1 Å². The van der Waals surface area contributed by atoms with Crippen LogP contribution in [-0.2, 0) is 31.9 Å². The predicted octanol–water partition coefficient (Wildman–Crippen LogP) is 6.93. The minimum atomic E-state index is -4.59. The molecule has 1 unspecified atom stereocenters. The number of alkyl halides is 3. The van der Waals surface area contributed by atoms with Gasteiger partial charge in [0.05, 0.1) is 23.2 Å². The van der Waals surface area contributed by atoms with Gasteiger partial charge in [-0.05, 0) is 86.6 Å². The van der Waals surface area contributed by atoms with E-state index in [9.17, 15) is 41.9 Å². The van der Waals surface area contributed by atoms with Gasteiger partial charge in [0, 0.05) is 78.6 Å². The van der Waals surface area contributed by atoms with E-state index < -0.39 is 29.6 Å². The molecular formula is C51H51F3N10O6. The molecule has 5 aromatic rings. The van der Waals surface area contributed by atoms with E-state index in [1.807, 2.05) is 18.2 Å². The predicted molar refractivity (Wildman–Crippen MR) is 254 cm³/mol. The summed E-state index contributed by atoms with van der Waals surface area (Å²) in [6.45, 7) is 0.551. The summed E-state index contributed by atoms with van der Waals surface area (Å²) in [4.78, 5) is 88.1. The second kappa shape index (κ2) is 21.6. The summed E-state index contributed by atoms with van der Waals surface area (Å²) in [7, 11) is 0. The lowest BCUT2D eigenvalue weighted by atomic mass is 9.95. The molecule has 1 atom stereocenters. The van der Waals surface area contributed by atoms with Crippen LogP contribution >= 0.6 is 0 Å². The summed E-state index contributed by atoms with van der Waals surface area (Å²) < 4.78 is 39.5. The number of carbonyl (C=O) groups is 6. The maximum Gasteiger partial charge on any atom is 0.416 e. The van der Waals surface area contributed by atoms with E-state index in [1.54, 1.807) is 35.4 Å². The Balaban J connectivity index is 0.858. The number of halogens is 3. The Bertz CT molecular complexity index is 2920. The molecule has 2 aliphatic heterocycles. The number of H-pyrrole nitrogens is 1. The molecule has 2 fully saturated rings. The normalized spacial score (nSPS) is 16.2. The first-order valence-corrected chi connectivity index (χ1v) is 23.3. The molecule has 1 aliphatic carbocycles. The highest BCUT2D eigenvalue weighted by Gasteiger charge is 2.39. The van der Waals surface area contributed by atoms with Gasteiger partial charge in [-0.15, -0.1) is 0 Å². The maximum absolute atomic E-state index is 13.6. The van der Waals surface area contributed by atoms with Crippen LogP contribution in [-0.4, -0.2) is 90.6 Å². The zero-order valence-electron chi connectivity index (χ0n) is 38.2. The summed E-state index contributed by atoms with van der Waals surface area (Å²) >= 11 is 0. The second-order valence-electron chi connectivity index (χ2n) is 17.6. The highest BCUT2D eigenvalue weighted by atomic mass is 19.4. The van der Waals surface area contributed by atoms with E-state index in [2.05, 4.69) is 48.0 Å². The van der Waals surface area contributed by atoms with Crippen LogP contribution < -0.4 is 21.7 Å². The molecule has 362 valence electrons. The molecule has 8 rings (SSSR count). The number of aromatic nitrogens is 4. The van der Waals surface area contributed by atoms with Gasteiger partial charge in [-0.25, -0.2) is 9.97 Å². The molecule has 70 heavy (non-hydrogen) atoms. The van der Waals surface area contributed by atoms with Crippen LogP contribution in [0.3, 0.4) is 0 Å². The van der Waals surface area contributed by atoms with E-state index in [0.29, 0.717) is 71.1 Å². The fourth-order valence-electron chi connectivity index (χ4n) is 8.95. The average molecular weight is 957 g/mol. The molecule has 0 spiro atoms. The molecular weight excluding hydrogens is 906 g/mol. The van der Waals surface area contributed by atoms with Crippen molar-refractivity contribution in [2.24, 2.45) is 0 Å². The zero-order valence-corrected chi connectivity index (χ0v) is 38.2. The topological polar surface area (TPSA) is 225 Å². The number of hydrogen-bond acceptors (Lipinski definition) is 10. The number of unbranched alkanes of at least 4 members (excludes halogenated alkanes) is 2. The average Bonchev–Trinajstić information content (AvgIpc) is 3.93. The van der Waals surface area contributed by atoms with E-state index in [4.69, 9.17) is 5.73 Å². The highest BCUT2D eigenvalue weighted by molar-refractivity contribution is 6.07. The molecule has 3 aliphatic rings. The largest absolute Gasteiger partial charge is 0.416 e. The molecule has 19 heteroatoms. The number of nitrogens with zero attached hydrogens (tertiary/aromatic N) is 5. The molecule has 6 amide bonds. The maximum atomic E-state index is 13.6. The minimum Gasteiger partial charge on any atom is -0.383 e. The van der Waals surface area contributed by atoms with Gasteiger partial charge in [0.25, 0.3) is 11.8 Å². The van der Waals surface area contributed by atoms with Crippen molar-refractivity contribution in [3.05, 3.63) is 106 Å². The Morgan fingerprint density at radius 2 is 1.77 bits per heavy atom. The number of carbonyl (C=O) groups excluding carboxylic acids is 6. The molecule has 0 bridgehead atoms. The standard InChI is InChI=1S/C51H51F3N10O6/c52-51(53,54)36-23-24-56-40(27-36)59-48(68)33-18-16-32(17-19-33)45-44-46(62-61-45)34(28-57-47(44)55)11-5-3-9-25-63(30-42(66)58-37-12-6-2-7-13-37)43(67)14-8-1-4-10-31-15-20-38-35(26-31)29-64(50(38)70)39-21-22-41(65)60-49(39)69/h5,11,15-20,23-24,26-28,37,39H,1-3,6-9,12-14,21-22,25,29-30H2,(H2,55,57)(H,58,66)(H,61,62)(H,56,59,68)(H,60,65,69)/b11-5+. The van der Waals surface area contributed by atoms with Crippen LogP contribution in [0, 0.1) is 11.8 Å². The van der Waals surface area contributed by atoms with Crippen molar-refractivity contribution in [3.63, 3.8) is 0 Å². The minimum absolute atomic E-state index is 0.0499. The number of rotatable bonds is 15. The lowest BCUT2D eigenvalue weighted by molar-refractivity contribution is -0.138. The fourth-order valence-corrected chi connectivity index (χ4v) is 8.95. The van der Waals surface area contributed by atoms with Crippen molar-refractivity contribution in [2.45, 2.75) is 102 Å². The molecule has 0 radical (unpaired) electrons. The smallest absolute Gasteiger partial charge is 0.383 e. The van der Waals surface area contributed by atoms with Gasteiger partial charge in [-0.3, -0.25) is 39.2 Å². The van der Waals surface area contributed by atoms with Gasteiger partial charge in [-0.2, -0.15) is 18.3 Å². The summed E-state index contributed by atoms with van der Waals surface area (Å²) in [5.74, 6) is 4.20. The molecule has 5 heterocycles. The third kappa shape index (κ3) is 11.7. The van der Waals surface area contributed by atoms with Gasteiger partial charge in [0.15, 0.2) is 0 Å². The van der Waals surface area contributed by atoms with Crippen LogP contribution in [0.4, 0.5) is 24.8 Å². The number of anilines is 2. The Morgan fingerprint density at radius 3 is 2.54 bits per heavy atom. The summed E-state index contributed by atoms with van der Waals surface area (Å²) in [6.07, 6.45) is 9.61. The lowest BCUT2D eigenvalue weighted by Gasteiger charge is -2.29. The first-order valence-electron chi connectivity index (χ1n) is 23.3. The van der Waals surface area contributed by atoms with Gasteiger partial charge in [-0.1, -0.05) is 55.4 Å². The number of amides is 6. The number of nitrogens with one attached hydrogen (secondary N) is 4. The number of piperidine rings is 1. The molecule has 2 aromatic carbocycles. The molecule has 6 N–H and O–H groups in total. The van der Waals surface area contributed by atoms with Gasteiger partial charge >= 0.3 is 6.18 Å². The van der Waals surface area contributed by atoms with Crippen molar-refractivity contribution in [1.29, 1.82) is 0 Å². The quantitative estimate of drug-likeness (QED) is 0.0413. The Hall–Kier alpha value is -7.88. The lowest BCUT2D eigenvalue weighted by Crippen LogP contribution is -2.52. The number of fused-ring (bicyclic) bond motifs is 2. The van der Waals surface area contributed by atoms with Gasteiger partial charge < -0.3 is 26.2 Å². The van der Waals surface area contributed by atoms with Gasteiger partial charge in [0.2, 0.25) is 23.6 Å². The van der Waals surface area contributed by atoms with Gasteiger partial charge in [0.1, 0.15) is 23.2 Å². The second-order valence-corrected chi connectivity index (χ2v) is 17.6. The summed E-state index contributed by atoms with van der Waals surface area (Å²) in [5.41, 5.74) is 9.97. The monoisotopic (exact) mass is 956 g/mol. The Morgan fingerprint density at radius 1 is 0.971 bits per heavy atom. The van der Waals surface area contributed by atoms with Crippen molar-refractivity contribution < 1.29 is 41.9 Å². The highest BCUT2D eigenvalue weighted by Crippen LogP contribution is 2.33. The number of hydrogen-bond donors (Lipinski definition) is 5. The molecule has 1 saturated heterocycles. The Kier molecular flexibility index (Phi) is 15.0. The van der Waals surface area contributed by atoms with E-state index in [-0.39, 0.29) is 79.2 Å². The first kappa shape index (κ1) is 48.6. The number of nitrogens with two attached hydrogens (primary N) is 1. The van der Waals surface area contributed by atoms with Crippen LogP contribution in [0.25, 0.3) is 28.2 Å². The number of pyridine rings is 2. The summed E-state index contributed by atoms with van der Waals surface area (Å²) in [5, 5.41) is 15.9. The third-order valence-corrected chi connectivity index (χ3v) is 12.6. The van der Waals surface area contributed by atoms with Crippen LogP contribution in [0.5, 0.6) is 0 Å². The number of imide groups is 1. The van der Waals surface area contributed by atoms with Crippen molar-refractivity contribution in [2.75, 3.05) is 24.1 Å². The number of allylic oxidation sites excluding steroid dienone is 1. The van der Waals surface area contributed by atoms with Crippen LogP contribution in [0.1, 0.15) is 120 Å². The number of nitrogen functional groups attached to an aromatic ring is 1. The fraction of sp³-hybridized carbons (Fsp3) is 0.353. The molecule has 16 nitrogen and oxygen atoms in total. The summed E-state index contributed by atoms with van der Waals surface area (Å²) in [6, 6.07) is 12.6. The number of benzene rings is 2. The van der Waals surface area contributed by atoms with E-state index in [0.717, 1.165) is 56.0 Å².